The van der Waals surface area contributed by atoms with Crippen LogP contribution >= 0.6 is 0 Å². The van der Waals surface area contributed by atoms with Crippen molar-refractivity contribution in [1.82, 2.24) is 5.32 Å². The molecule has 0 spiro atoms. The van der Waals surface area contributed by atoms with E-state index in [1.165, 1.54) is 19.2 Å². The quantitative estimate of drug-likeness (QED) is 0.864. The Kier molecular flexibility index (Phi) is 4.71. The minimum atomic E-state index is -0.520. The SMILES string of the molecule is COC(=O)C1CCC(NC(=O)c2ccccc2F)CC1. The highest BCUT2D eigenvalue weighted by atomic mass is 19.1. The van der Waals surface area contributed by atoms with Crippen LogP contribution in [0.4, 0.5) is 4.39 Å². The van der Waals surface area contributed by atoms with Gasteiger partial charge in [-0.05, 0) is 37.8 Å². The predicted octanol–water partition coefficient (Wildman–Crippen LogP) is 2.29. The lowest BCUT2D eigenvalue weighted by Gasteiger charge is -2.27. The topological polar surface area (TPSA) is 55.4 Å². The van der Waals surface area contributed by atoms with E-state index < -0.39 is 11.7 Å². The molecule has 1 fully saturated rings. The van der Waals surface area contributed by atoms with Crippen LogP contribution in [0.2, 0.25) is 0 Å². The molecule has 0 heterocycles. The van der Waals surface area contributed by atoms with Crippen molar-refractivity contribution in [2.24, 2.45) is 5.92 Å². The summed E-state index contributed by atoms with van der Waals surface area (Å²) in [4.78, 5) is 23.4. The summed E-state index contributed by atoms with van der Waals surface area (Å²) in [6, 6.07) is 5.90. The third-order valence-corrected chi connectivity index (χ3v) is 3.72. The number of carbonyl (C=O) groups is 2. The highest BCUT2D eigenvalue weighted by Crippen LogP contribution is 2.25. The Morgan fingerprint density at radius 1 is 1.20 bits per heavy atom. The van der Waals surface area contributed by atoms with Crippen LogP contribution < -0.4 is 5.32 Å². The largest absolute Gasteiger partial charge is 0.469 e. The zero-order chi connectivity index (χ0) is 14.5. The first kappa shape index (κ1) is 14.5. The van der Waals surface area contributed by atoms with Crippen LogP contribution in [-0.4, -0.2) is 25.0 Å². The van der Waals surface area contributed by atoms with Gasteiger partial charge in [0.05, 0.1) is 18.6 Å². The van der Waals surface area contributed by atoms with E-state index in [4.69, 9.17) is 4.74 Å². The molecule has 1 amide bonds. The normalized spacial score (nSPS) is 22.1. The minimum absolute atomic E-state index is 0.0111. The molecule has 1 aliphatic rings. The Hall–Kier alpha value is -1.91. The molecule has 20 heavy (non-hydrogen) atoms. The smallest absolute Gasteiger partial charge is 0.308 e. The highest BCUT2D eigenvalue weighted by molar-refractivity contribution is 5.94. The number of rotatable bonds is 3. The molecule has 1 saturated carbocycles. The van der Waals surface area contributed by atoms with Crippen LogP contribution in [0.5, 0.6) is 0 Å². The van der Waals surface area contributed by atoms with Gasteiger partial charge in [-0.3, -0.25) is 9.59 Å². The molecule has 0 atom stereocenters. The predicted molar refractivity (Wildman–Crippen MR) is 71.6 cm³/mol. The Labute approximate surface area is 117 Å². The van der Waals surface area contributed by atoms with Crippen LogP contribution in [0.3, 0.4) is 0 Å². The Bertz CT molecular complexity index is 496. The van der Waals surface area contributed by atoms with Crippen molar-refractivity contribution in [3.8, 4) is 0 Å². The van der Waals surface area contributed by atoms with Crippen molar-refractivity contribution in [1.29, 1.82) is 0 Å². The Morgan fingerprint density at radius 2 is 1.85 bits per heavy atom. The van der Waals surface area contributed by atoms with Gasteiger partial charge in [-0.2, -0.15) is 0 Å². The summed E-state index contributed by atoms with van der Waals surface area (Å²) < 4.78 is 18.2. The minimum Gasteiger partial charge on any atom is -0.469 e. The molecule has 5 heteroatoms. The van der Waals surface area contributed by atoms with E-state index in [1.807, 2.05) is 0 Å². The van der Waals surface area contributed by atoms with Gasteiger partial charge in [-0.1, -0.05) is 12.1 Å². The lowest BCUT2D eigenvalue weighted by atomic mass is 9.86. The van der Waals surface area contributed by atoms with Crippen molar-refractivity contribution in [2.45, 2.75) is 31.7 Å². The summed E-state index contributed by atoms with van der Waals surface area (Å²) in [7, 11) is 1.38. The van der Waals surface area contributed by atoms with Gasteiger partial charge >= 0.3 is 5.97 Å². The number of amides is 1. The second-order valence-electron chi connectivity index (χ2n) is 5.03. The number of ether oxygens (including phenoxy) is 1. The van der Waals surface area contributed by atoms with Gasteiger partial charge in [0, 0.05) is 6.04 Å². The molecule has 2 rings (SSSR count). The third-order valence-electron chi connectivity index (χ3n) is 3.72. The van der Waals surface area contributed by atoms with E-state index in [2.05, 4.69) is 5.32 Å². The van der Waals surface area contributed by atoms with Crippen LogP contribution in [0, 0.1) is 11.7 Å². The van der Waals surface area contributed by atoms with E-state index in [-0.39, 0.29) is 23.5 Å². The molecule has 1 aromatic rings. The molecule has 108 valence electrons. The second-order valence-corrected chi connectivity index (χ2v) is 5.03. The molecule has 1 N–H and O–H groups in total. The Balaban J connectivity index is 1.88. The standard InChI is InChI=1S/C15H18FNO3/c1-20-15(19)10-6-8-11(9-7-10)17-14(18)12-4-2-3-5-13(12)16/h2-5,10-11H,6-9H2,1H3,(H,17,18). The summed E-state index contributed by atoms with van der Waals surface area (Å²) in [6.07, 6.45) is 2.80. The molecule has 1 aliphatic carbocycles. The fraction of sp³-hybridized carbons (Fsp3) is 0.467. The number of hydrogen-bond acceptors (Lipinski definition) is 3. The molecule has 0 radical (unpaired) electrons. The molecule has 0 aliphatic heterocycles. The van der Waals surface area contributed by atoms with Gasteiger partial charge in [0.1, 0.15) is 5.82 Å². The fourth-order valence-electron chi connectivity index (χ4n) is 2.55. The number of benzene rings is 1. The van der Waals surface area contributed by atoms with E-state index in [0.717, 1.165) is 0 Å². The van der Waals surface area contributed by atoms with Crippen LogP contribution in [-0.2, 0) is 9.53 Å². The highest BCUT2D eigenvalue weighted by Gasteiger charge is 2.28. The molecule has 0 unspecified atom stereocenters. The summed E-state index contributed by atoms with van der Waals surface area (Å²) in [5.74, 6) is -1.19. The third kappa shape index (κ3) is 3.35. The number of methoxy groups -OCH3 is 1. The summed E-state index contributed by atoms with van der Waals surface area (Å²) in [5, 5.41) is 2.82. The summed E-state index contributed by atoms with van der Waals surface area (Å²) in [6.45, 7) is 0. The van der Waals surface area contributed by atoms with Crippen molar-refractivity contribution >= 4 is 11.9 Å². The first-order valence-corrected chi connectivity index (χ1v) is 6.75. The number of esters is 1. The number of halogens is 1. The van der Waals surface area contributed by atoms with Gasteiger partial charge in [-0.25, -0.2) is 4.39 Å². The Morgan fingerprint density at radius 3 is 2.45 bits per heavy atom. The monoisotopic (exact) mass is 279 g/mol. The average molecular weight is 279 g/mol. The van der Waals surface area contributed by atoms with E-state index in [0.29, 0.717) is 25.7 Å². The zero-order valence-corrected chi connectivity index (χ0v) is 11.4. The van der Waals surface area contributed by atoms with Crippen LogP contribution in [0.25, 0.3) is 0 Å². The first-order chi connectivity index (χ1) is 9.61. The van der Waals surface area contributed by atoms with Crippen molar-refractivity contribution in [3.63, 3.8) is 0 Å². The van der Waals surface area contributed by atoms with Gasteiger partial charge < -0.3 is 10.1 Å². The van der Waals surface area contributed by atoms with Crippen molar-refractivity contribution < 1.29 is 18.7 Å². The zero-order valence-electron chi connectivity index (χ0n) is 11.4. The number of hydrogen-bond donors (Lipinski definition) is 1. The lowest BCUT2D eigenvalue weighted by molar-refractivity contribution is -0.146. The average Bonchev–Trinajstić information content (AvgIpc) is 2.47. The maximum absolute atomic E-state index is 13.5. The van der Waals surface area contributed by atoms with E-state index >= 15 is 0 Å². The lowest BCUT2D eigenvalue weighted by Crippen LogP contribution is -2.39. The number of nitrogens with one attached hydrogen (secondary N) is 1. The molecule has 0 aromatic heterocycles. The van der Waals surface area contributed by atoms with Gasteiger partial charge in [-0.15, -0.1) is 0 Å². The molecule has 0 saturated heterocycles. The van der Waals surface area contributed by atoms with Gasteiger partial charge in [0.25, 0.3) is 5.91 Å². The fourth-order valence-corrected chi connectivity index (χ4v) is 2.55. The molecule has 4 nitrogen and oxygen atoms in total. The van der Waals surface area contributed by atoms with E-state index in [1.54, 1.807) is 12.1 Å². The summed E-state index contributed by atoms with van der Waals surface area (Å²) in [5.41, 5.74) is 0.0580. The van der Waals surface area contributed by atoms with Crippen LogP contribution in [0.1, 0.15) is 36.0 Å². The summed E-state index contributed by atoms with van der Waals surface area (Å²) >= 11 is 0. The van der Waals surface area contributed by atoms with Crippen LogP contribution in [0.15, 0.2) is 24.3 Å². The molecular weight excluding hydrogens is 261 g/mol. The maximum atomic E-state index is 13.5. The maximum Gasteiger partial charge on any atom is 0.308 e. The molecular formula is C15H18FNO3. The second kappa shape index (κ2) is 6.50. The number of carbonyl (C=O) groups excluding carboxylic acids is 2. The van der Waals surface area contributed by atoms with Gasteiger partial charge in [0.2, 0.25) is 0 Å². The molecule has 1 aromatic carbocycles. The van der Waals surface area contributed by atoms with E-state index in [9.17, 15) is 14.0 Å². The van der Waals surface area contributed by atoms with Crippen molar-refractivity contribution in [2.75, 3.05) is 7.11 Å². The molecule has 0 bridgehead atoms. The van der Waals surface area contributed by atoms with Gasteiger partial charge in [0.15, 0.2) is 0 Å². The first-order valence-electron chi connectivity index (χ1n) is 6.75. The van der Waals surface area contributed by atoms with Crippen molar-refractivity contribution in [3.05, 3.63) is 35.6 Å².